The fourth-order valence-electron chi connectivity index (χ4n) is 3.11. The Bertz CT molecular complexity index is 537. The molecule has 1 N–H and O–H groups in total. The molecule has 0 spiro atoms. The van der Waals surface area contributed by atoms with Gasteiger partial charge in [0.2, 0.25) is 5.91 Å². The summed E-state index contributed by atoms with van der Waals surface area (Å²) in [4.78, 5) is 18.9. The van der Waals surface area contributed by atoms with Crippen molar-refractivity contribution in [3.05, 3.63) is 29.8 Å². The summed E-state index contributed by atoms with van der Waals surface area (Å²) in [5.41, 5.74) is 2.50. The number of amides is 1. The Morgan fingerprint density at radius 3 is 2.42 bits per heavy atom. The molecule has 1 fully saturated rings. The summed E-state index contributed by atoms with van der Waals surface area (Å²) in [6.45, 7) is 12.2. The zero-order valence-corrected chi connectivity index (χ0v) is 15.4. The summed E-state index contributed by atoms with van der Waals surface area (Å²) in [5.74, 6) is 0.160. The summed E-state index contributed by atoms with van der Waals surface area (Å²) >= 11 is 0. The van der Waals surface area contributed by atoms with Crippen LogP contribution >= 0.6 is 0 Å². The summed E-state index contributed by atoms with van der Waals surface area (Å²) < 4.78 is 0. The Hall–Kier alpha value is -1.59. The first-order valence-electron chi connectivity index (χ1n) is 8.88. The first-order chi connectivity index (χ1) is 11.4. The Labute approximate surface area is 145 Å². The van der Waals surface area contributed by atoms with Gasteiger partial charge in [-0.1, -0.05) is 12.1 Å². The Morgan fingerprint density at radius 2 is 1.88 bits per heavy atom. The van der Waals surface area contributed by atoms with Crippen LogP contribution < -0.4 is 4.90 Å². The Kier molecular flexibility index (Phi) is 6.63. The fourth-order valence-corrected chi connectivity index (χ4v) is 3.11. The van der Waals surface area contributed by atoms with Gasteiger partial charge in [0.1, 0.15) is 0 Å². The van der Waals surface area contributed by atoms with Gasteiger partial charge in [-0.05, 0) is 45.4 Å². The molecule has 1 aromatic rings. The molecule has 0 radical (unpaired) electrons. The number of anilines is 1. The van der Waals surface area contributed by atoms with E-state index < -0.39 is 6.10 Å². The minimum atomic E-state index is -0.418. The van der Waals surface area contributed by atoms with Crippen LogP contribution in [0.2, 0.25) is 0 Å². The maximum Gasteiger partial charge on any atom is 0.236 e. The number of nitrogens with zero attached hydrogens (tertiary/aromatic N) is 3. The van der Waals surface area contributed by atoms with E-state index in [1.54, 1.807) is 6.92 Å². The minimum Gasteiger partial charge on any atom is -0.392 e. The predicted octanol–water partition coefficient (Wildman–Crippen LogP) is 1.73. The molecule has 1 aliphatic heterocycles. The van der Waals surface area contributed by atoms with Gasteiger partial charge in [0.05, 0.1) is 12.6 Å². The molecule has 1 saturated heterocycles. The molecule has 1 aromatic carbocycles. The number of aryl methyl sites for hydroxylation is 1. The Morgan fingerprint density at radius 1 is 1.21 bits per heavy atom. The molecule has 5 nitrogen and oxygen atoms in total. The second-order valence-electron chi connectivity index (χ2n) is 7.08. The average Bonchev–Trinajstić information content (AvgIpc) is 2.54. The lowest BCUT2D eigenvalue weighted by Gasteiger charge is -2.37. The van der Waals surface area contributed by atoms with Crippen LogP contribution in [0, 0.1) is 6.92 Å². The van der Waals surface area contributed by atoms with Crippen molar-refractivity contribution in [1.29, 1.82) is 0 Å². The summed E-state index contributed by atoms with van der Waals surface area (Å²) in [6, 6.07) is 8.76. The highest BCUT2D eigenvalue weighted by Crippen LogP contribution is 2.18. The van der Waals surface area contributed by atoms with E-state index in [4.69, 9.17) is 0 Å². The number of hydrogen-bond donors (Lipinski definition) is 1. The molecular weight excluding hydrogens is 302 g/mol. The third kappa shape index (κ3) is 5.21. The third-order valence-corrected chi connectivity index (χ3v) is 4.57. The van der Waals surface area contributed by atoms with Gasteiger partial charge in [0.25, 0.3) is 0 Å². The number of benzene rings is 1. The van der Waals surface area contributed by atoms with Gasteiger partial charge < -0.3 is 14.9 Å². The van der Waals surface area contributed by atoms with Gasteiger partial charge in [-0.15, -0.1) is 0 Å². The van der Waals surface area contributed by atoms with Crippen LogP contribution in [0.25, 0.3) is 0 Å². The lowest BCUT2D eigenvalue weighted by Crippen LogP contribution is -2.52. The number of rotatable bonds is 6. The average molecular weight is 333 g/mol. The SMILES string of the molecule is Cc1cccc(N2CCN(C(=O)CN(CC(C)O)C(C)C)CC2)c1. The van der Waals surface area contributed by atoms with E-state index in [1.807, 2.05) is 9.80 Å². The van der Waals surface area contributed by atoms with E-state index in [9.17, 15) is 9.90 Å². The highest BCUT2D eigenvalue weighted by atomic mass is 16.3. The first-order valence-corrected chi connectivity index (χ1v) is 8.88. The zero-order valence-electron chi connectivity index (χ0n) is 15.4. The molecule has 5 heteroatoms. The van der Waals surface area contributed by atoms with Crippen molar-refractivity contribution in [3.8, 4) is 0 Å². The minimum absolute atomic E-state index is 0.160. The highest BCUT2D eigenvalue weighted by Gasteiger charge is 2.24. The van der Waals surface area contributed by atoms with E-state index in [-0.39, 0.29) is 11.9 Å². The van der Waals surface area contributed by atoms with Crippen molar-refractivity contribution in [1.82, 2.24) is 9.80 Å². The third-order valence-electron chi connectivity index (χ3n) is 4.57. The van der Waals surface area contributed by atoms with Crippen molar-refractivity contribution in [2.75, 3.05) is 44.2 Å². The van der Waals surface area contributed by atoms with Crippen LogP contribution in [0.5, 0.6) is 0 Å². The number of aliphatic hydroxyl groups excluding tert-OH is 1. The van der Waals surface area contributed by atoms with Crippen LogP contribution in [0.15, 0.2) is 24.3 Å². The smallest absolute Gasteiger partial charge is 0.236 e. The molecule has 0 aliphatic carbocycles. The number of piperazine rings is 1. The number of aliphatic hydroxyl groups is 1. The molecule has 0 saturated carbocycles. The lowest BCUT2D eigenvalue weighted by molar-refractivity contribution is -0.133. The van der Waals surface area contributed by atoms with Gasteiger partial charge in [0, 0.05) is 44.5 Å². The molecular formula is C19H31N3O2. The lowest BCUT2D eigenvalue weighted by atomic mass is 10.2. The van der Waals surface area contributed by atoms with Crippen molar-refractivity contribution in [3.63, 3.8) is 0 Å². The molecule has 24 heavy (non-hydrogen) atoms. The van der Waals surface area contributed by atoms with Crippen LogP contribution in [-0.2, 0) is 4.79 Å². The van der Waals surface area contributed by atoms with E-state index in [1.165, 1.54) is 11.3 Å². The highest BCUT2D eigenvalue weighted by molar-refractivity contribution is 5.78. The number of hydrogen-bond acceptors (Lipinski definition) is 4. The summed E-state index contributed by atoms with van der Waals surface area (Å²) in [5, 5.41) is 9.60. The molecule has 134 valence electrons. The molecule has 1 aliphatic rings. The summed E-state index contributed by atoms with van der Waals surface area (Å²) in [6.07, 6.45) is -0.418. The van der Waals surface area contributed by atoms with Crippen molar-refractivity contribution < 1.29 is 9.90 Å². The maximum atomic E-state index is 12.6. The maximum absolute atomic E-state index is 12.6. The predicted molar refractivity (Wildman–Crippen MR) is 98.4 cm³/mol. The van der Waals surface area contributed by atoms with Gasteiger partial charge in [-0.2, -0.15) is 0 Å². The van der Waals surface area contributed by atoms with Crippen LogP contribution in [0.4, 0.5) is 5.69 Å². The number of carbonyl (C=O) groups excluding carboxylic acids is 1. The Balaban J connectivity index is 1.88. The molecule has 0 aromatic heterocycles. The topological polar surface area (TPSA) is 47.0 Å². The molecule has 2 rings (SSSR count). The van der Waals surface area contributed by atoms with Gasteiger partial charge in [0.15, 0.2) is 0 Å². The van der Waals surface area contributed by atoms with Gasteiger partial charge >= 0.3 is 0 Å². The van der Waals surface area contributed by atoms with Crippen LogP contribution in [-0.4, -0.2) is 72.2 Å². The van der Waals surface area contributed by atoms with E-state index >= 15 is 0 Å². The normalized spacial score (nSPS) is 16.8. The monoisotopic (exact) mass is 333 g/mol. The standard InChI is InChI=1S/C19H31N3O2/c1-15(2)22(13-17(4)23)14-19(24)21-10-8-20(9-11-21)18-7-5-6-16(3)12-18/h5-7,12,15,17,23H,8-11,13-14H2,1-4H3. The molecule has 1 amide bonds. The van der Waals surface area contributed by atoms with Crippen molar-refractivity contribution >= 4 is 11.6 Å². The van der Waals surface area contributed by atoms with Crippen molar-refractivity contribution in [2.24, 2.45) is 0 Å². The largest absolute Gasteiger partial charge is 0.392 e. The van der Waals surface area contributed by atoms with Crippen LogP contribution in [0.1, 0.15) is 26.3 Å². The molecule has 1 unspecified atom stereocenters. The molecule has 1 atom stereocenters. The quantitative estimate of drug-likeness (QED) is 0.861. The van der Waals surface area contributed by atoms with Gasteiger partial charge in [-0.25, -0.2) is 0 Å². The second-order valence-corrected chi connectivity index (χ2v) is 7.08. The molecule has 1 heterocycles. The summed E-state index contributed by atoms with van der Waals surface area (Å²) in [7, 11) is 0. The first kappa shape index (κ1) is 18.7. The number of carbonyl (C=O) groups is 1. The fraction of sp³-hybridized carbons (Fsp3) is 0.632. The zero-order chi connectivity index (χ0) is 17.7. The van der Waals surface area contributed by atoms with E-state index in [0.29, 0.717) is 13.1 Å². The van der Waals surface area contributed by atoms with Gasteiger partial charge in [-0.3, -0.25) is 9.69 Å². The van der Waals surface area contributed by atoms with E-state index in [0.717, 1.165) is 26.2 Å². The van der Waals surface area contributed by atoms with Crippen molar-refractivity contribution in [2.45, 2.75) is 39.8 Å². The second kappa shape index (κ2) is 8.49. The molecule has 0 bridgehead atoms. The van der Waals surface area contributed by atoms with E-state index in [2.05, 4.69) is 49.9 Å². The van der Waals surface area contributed by atoms with Crippen LogP contribution in [0.3, 0.4) is 0 Å².